The molecule has 1 heterocycles. The Kier molecular flexibility index (Phi) is 5.90. The zero-order chi connectivity index (χ0) is 15.2. The first-order valence-corrected chi connectivity index (χ1v) is 9.15. The molecule has 0 aliphatic rings. The molecule has 0 fully saturated rings. The van der Waals surface area contributed by atoms with Gasteiger partial charge >= 0.3 is 0 Å². The van der Waals surface area contributed by atoms with E-state index in [1.165, 1.54) is 0 Å². The van der Waals surface area contributed by atoms with Gasteiger partial charge in [0.2, 0.25) is 5.91 Å². The van der Waals surface area contributed by atoms with Crippen molar-refractivity contribution in [3.63, 3.8) is 0 Å². The van der Waals surface area contributed by atoms with Crippen molar-refractivity contribution in [2.24, 2.45) is 0 Å². The summed E-state index contributed by atoms with van der Waals surface area (Å²) in [5.41, 5.74) is 1.39. The third kappa shape index (κ3) is 5.22. The predicted molar refractivity (Wildman–Crippen MR) is 88.3 cm³/mol. The molecule has 1 atom stereocenters. The molecule has 0 saturated carbocycles. The summed E-state index contributed by atoms with van der Waals surface area (Å²) < 4.78 is 12.0. The lowest BCUT2D eigenvalue weighted by atomic mass is 10.3. The van der Waals surface area contributed by atoms with E-state index >= 15 is 0 Å². The molecule has 112 valence electrons. The zero-order valence-corrected chi connectivity index (χ0v) is 13.9. The SMILES string of the molecule is CCc1nc(CS(=O)CC(=O)Nc2cccc(Cl)c2)cs1. The minimum absolute atomic E-state index is 0.0501. The molecule has 1 aromatic heterocycles. The number of thiazole rings is 1. The number of halogens is 1. The Morgan fingerprint density at radius 2 is 2.29 bits per heavy atom. The normalized spacial score (nSPS) is 12.1. The van der Waals surface area contributed by atoms with Gasteiger partial charge < -0.3 is 5.32 Å². The van der Waals surface area contributed by atoms with Crippen LogP contribution in [0.2, 0.25) is 5.02 Å². The van der Waals surface area contributed by atoms with Crippen molar-refractivity contribution in [3.8, 4) is 0 Å². The third-order valence-corrected chi connectivity index (χ3v) is 5.09. The second-order valence-corrected chi connectivity index (χ2v) is 7.21. The molecule has 0 spiro atoms. The maximum absolute atomic E-state index is 12.0. The Balaban J connectivity index is 1.86. The van der Waals surface area contributed by atoms with Gasteiger partial charge in [-0.2, -0.15) is 0 Å². The first-order chi connectivity index (χ1) is 10.1. The number of benzene rings is 1. The maximum Gasteiger partial charge on any atom is 0.237 e. The Morgan fingerprint density at radius 3 is 2.95 bits per heavy atom. The largest absolute Gasteiger partial charge is 0.325 e. The van der Waals surface area contributed by atoms with Crippen LogP contribution in [0.25, 0.3) is 0 Å². The molecule has 0 radical (unpaired) electrons. The minimum Gasteiger partial charge on any atom is -0.325 e. The molecule has 4 nitrogen and oxygen atoms in total. The molecule has 0 aliphatic carbocycles. The quantitative estimate of drug-likeness (QED) is 0.876. The monoisotopic (exact) mass is 342 g/mol. The van der Waals surface area contributed by atoms with Gasteiger partial charge in [0.05, 0.1) is 16.5 Å². The van der Waals surface area contributed by atoms with Gasteiger partial charge in [-0.25, -0.2) is 4.98 Å². The molecule has 1 unspecified atom stereocenters. The second-order valence-electron chi connectivity index (χ2n) is 4.37. The van der Waals surface area contributed by atoms with E-state index in [2.05, 4.69) is 10.3 Å². The first kappa shape index (κ1) is 16.1. The van der Waals surface area contributed by atoms with Crippen LogP contribution in [-0.2, 0) is 27.8 Å². The van der Waals surface area contributed by atoms with Crippen LogP contribution in [0.3, 0.4) is 0 Å². The number of hydrogen-bond donors (Lipinski definition) is 1. The van der Waals surface area contributed by atoms with E-state index in [9.17, 15) is 9.00 Å². The topological polar surface area (TPSA) is 59.1 Å². The molecule has 0 aliphatic heterocycles. The van der Waals surface area contributed by atoms with Crippen molar-refractivity contribution in [1.82, 2.24) is 4.98 Å². The summed E-state index contributed by atoms with van der Waals surface area (Å²) >= 11 is 7.39. The van der Waals surface area contributed by atoms with Crippen molar-refractivity contribution in [1.29, 1.82) is 0 Å². The molecule has 0 bridgehead atoms. The van der Waals surface area contributed by atoms with Gasteiger partial charge in [-0.05, 0) is 24.6 Å². The fourth-order valence-corrected chi connectivity index (χ4v) is 3.69. The van der Waals surface area contributed by atoms with Crippen LogP contribution in [0.5, 0.6) is 0 Å². The molecular weight excluding hydrogens is 328 g/mol. The van der Waals surface area contributed by atoms with Crippen LogP contribution in [0, 0.1) is 0 Å². The summed E-state index contributed by atoms with van der Waals surface area (Å²) in [7, 11) is -1.27. The van der Waals surface area contributed by atoms with Crippen LogP contribution in [0.4, 0.5) is 5.69 Å². The van der Waals surface area contributed by atoms with Gasteiger partial charge in [0.15, 0.2) is 0 Å². The van der Waals surface area contributed by atoms with E-state index in [4.69, 9.17) is 11.6 Å². The Hall–Kier alpha value is -1.24. The predicted octanol–water partition coefficient (Wildman–Crippen LogP) is 3.25. The number of nitrogens with zero attached hydrogens (tertiary/aromatic N) is 1. The average molecular weight is 343 g/mol. The summed E-state index contributed by atoms with van der Waals surface area (Å²) in [5.74, 6) is -0.0353. The third-order valence-electron chi connectivity index (χ3n) is 2.61. The van der Waals surface area contributed by atoms with Crippen LogP contribution in [-0.4, -0.2) is 20.9 Å². The molecule has 2 rings (SSSR count). The highest BCUT2D eigenvalue weighted by Crippen LogP contribution is 2.15. The second kappa shape index (κ2) is 7.68. The lowest BCUT2D eigenvalue weighted by molar-refractivity contribution is -0.113. The number of anilines is 1. The molecule has 1 amide bonds. The average Bonchev–Trinajstić information content (AvgIpc) is 2.85. The van der Waals surface area contributed by atoms with Crippen molar-refractivity contribution < 1.29 is 9.00 Å². The summed E-state index contributed by atoms with van der Waals surface area (Å²) in [6.07, 6.45) is 0.868. The molecule has 1 N–H and O–H groups in total. The van der Waals surface area contributed by atoms with E-state index in [-0.39, 0.29) is 11.7 Å². The summed E-state index contributed by atoms with van der Waals surface area (Å²) in [4.78, 5) is 16.2. The number of hydrogen-bond acceptors (Lipinski definition) is 4. The van der Waals surface area contributed by atoms with Gasteiger partial charge in [0, 0.05) is 26.9 Å². The smallest absolute Gasteiger partial charge is 0.237 e. The number of rotatable bonds is 6. The summed E-state index contributed by atoms with van der Waals surface area (Å²) in [6.45, 7) is 2.03. The van der Waals surface area contributed by atoms with E-state index in [1.54, 1.807) is 35.6 Å². The van der Waals surface area contributed by atoms with Crippen molar-refractivity contribution in [3.05, 3.63) is 45.4 Å². The highest BCUT2D eigenvalue weighted by Gasteiger charge is 2.11. The molecule has 21 heavy (non-hydrogen) atoms. The van der Waals surface area contributed by atoms with Crippen LogP contribution in [0.15, 0.2) is 29.6 Å². The Morgan fingerprint density at radius 1 is 1.48 bits per heavy atom. The van der Waals surface area contributed by atoms with E-state index in [0.29, 0.717) is 16.5 Å². The molecule has 0 saturated heterocycles. The standard InChI is InChI=1S/C14H15ClN2O2S2/c1-2-14-17-12(7-20-14)8-21(19)9-13(18)16-11-5-3-4-10(15)6-11/h3-7H,2,8-9H2,1H3,(H,16,18). The van der Waals surface area contributed by atoms with E-state index < -0.39 is 10.8 Å². The Bertz CT molecular complexity index is 658. The summed E-state index contributed by atoms with van der Waals surface area (Å²) in [5, 5.41) is 6.14. The number of carbonyl (C=O) groups excluding carboxylic acids is 1. The number of carbonyl (C=O) groups is 1. The van der Waals surface area contributed by atoms with Gasteiger partial charge in [0.25, 0.3) is 0 Å². The lowest BCUT2D eigenvalue weighted by Crippen LogP contribution is -2.20. The minimum atomic E-state index is -1.27. The fourth-order valence-electron chi connectivity index (χ4n) is 1.70. The van der Waals surface area contributed by atoms with Gasteiger partial charge in [-0.15, -0.1) is 11.3 Å². The molecule has 2 aromatic rings. The van der Waals surface area contributed by atoms with Crippen molar-refractivity contribution >= 4 is 45.3 Å². The highest BCUT2D eigenvalue weighted by atomic mass is 35.5. The van der Waals surface area contributed by atoms with Gasteiger partial charge in [-0.1, -0.05) is 24.6 Å². The van der Waals surface area contributed by atoms with Gasteiger partial charge in [-0.3, -0.25) is 9.00 Å². The molecule has 1 aromatic carbocycles. The first-order valence-electron chi connectivity index (χ1n) is 6.40. The van der Waals surface area contributed by atoms with Crippen LogP contribution < -0.4 is 5.32 Å². The van der Waals surface area contributed by atoms with Crippen molar-refractivity contribution in [2.75, 3.05) is 11.1 Å². The number of aromatic nitrogens is 1. The number of amides is 1. The van der Waals surface area contributed by atoms with Crippen LogP contribution >= 0.6 is 22.9 Å². The molecular formula is C14H15ClN2O2S2. The lowest BCUT2D eigenvalue weighted by Gasteiger charge is -2.05. The fraction of sp³-hybridized carbons (Fsp3) is 0.286. The zero-order valence-electron chi connectivity index (χ0n) is 11.5. The molecule has 7 heteroatoms. The van der Waals surface area contributed by atoms with Gasteiger partial charge in [0.1, 0.15) is 5.75 Å². The Labute approximate surface area is 135 Å². The highest BCUT2D eigenvalue weighted by molar-refractivity contribution is 7.84. The van der Waals surface area contributed by atoms with Crippen LogP contribution in [0.1, 0.15) is 17.6 Å². The van der Waals surface area contributed by atoms with Crippen molar-refractivity contribution in [2.45, 2.75) is 19.1 Å². The van der Waals surface area contributed by atoms with E-state index in [1.807, 2.05) is 12.3 Å². The van der Waals surface area contributed by atoms with E-state index in [0.717, 1.165) is 17.1 Å². The summed E-state index contributed by atoms with van der Waals surface area (Å²) in [6, 6.07) is 6.86. The number of aryl methyl sites for hydroxylation is 1. The maximum atomic E-state index is 12.0. The number of nitrogens with one attached hydrogen (secondary N) is 1.